The molecule has 170 valence electrons. The first-order valence-electron chi connectivity index (χ1n) is 10.8. The fraction of sp³-hybridized carbons (Fsp3) is 0.458. The van der Waals surface area contributed by atoms with E-state index < -0.39 is 29.5 Å². The van der Waals surface area contributed by atoms with Crippen LogP contribution in [0.2, 0.25) is 0 Å². The number of rotatable bonds is 2. The number of hydrogen-bond donors (Lipinski definition) is 0. The van der Waals surface area contributed by atoms with Crippen molar-refractivity contribution in [2.24, 2.45) is 0 Å². The first-order valence-corrected chi connectivity index (χ1v) is 10.8. The summed E-state index contributed by atoms with van der Waals surface area (Å²) in [6.45, 7) is 5.85. The normalized spacial score (nSPS) is 21.3. The van der Waals surface area contributed by atoms with Crippen LogP contribution in [0.25, 0.3) is 0 Å². The molecule has 2 aromatic rings. The quantitative estimate of drug-likeness (QED) is 0.711. The van der Waals surface area contributed by atoms with Gasteiger partial charge in [-0.05, 0) is 56.4 Å². The molecule has 2 aliphatic rings. The van der Waals surface area contributed by atoms with Crippen LogP contribution in [0.5, 0.6) is 0 Å². The smallest absolute Gasteiger partial charge is 0.410 e. The molecule has 4 rings (SSSR count). The minimum atomic E-state index is -1.34. The number of carbonyl (C=O) groups is 2. The molecule has 1 amide bonds. The summed E-state index contributed by atoms with van der Waals surface area (Å²) in [7, 11) is 0. The fourth-order valence-corrected chi connectivity index (χ4v) is 4.53. The zero-order valence-electron chi connectivity index (χ0n) is 18.5. The molecule has 2 heterocycles. The Bertz CT molecular complexity index is 1040. The molecule has 8 heteroatoms. The van der Waals surface area contributed by atoms with Crippen LogP contribution < -0.4 is 5.11 Å². The summed E-state index contributed by atoms with van der Waals surface area (Å²) < 4.78 is 19.4. The van der Waals surface area contributed by atoms with Gasteiger partial charge in [-0.1, -0.05) is 24.3 Å². The molecule has 1 aliphatic carbocycles. The largest absolute Gasteiger partial charge is 0.548 e. The van der Waals surface area contributed by atoms with Gasteiger partial charge in [0, 0.05) is 19.6 Å². The van der Waals surface area contributed by atoms with Crippen LogP contribution in [0.1, 0.15) is 49.2 Å². The van der Waals surface area contributed by atoms with E-state index in [1.807, 2.05) is 29.2 Å². The molecule has 0 saturated carbocycles. The lowest BCUT2D eigenvalue weighted by Gasteiger charge is -2.45. The first-order chi connectivity index (χ1) is 15.1. The lowest BCUT2D eigenvalue weighted by atomic mass is 9.95. The van der Waals surface area contributed by atoms with Crippen LogP contribution in [0.15, 0.2) is 36.5 Å². The summed E-state index contributed by atoms with van der Waals surface area (Å²) in [4.78, 5) is 32.3. The number of aryl methyl sites for hydroxylation is 2. The number of piperazine rings is 1. The molecule has 7 nitrogen and oxygen atoms in total. The van der Waals surface area contributed by atoms with Gasteiger partial charge in [0.05, 0.1) is 29.9 Å². The lowest BCUT2D eigenvalue weighted by molar-refractivity contribution is -0.312. The number of aliphatic carboxylic acids is 1. The molecule has 1 fully saturated rings. The van der Waals surface area contributed by atoms with Gasteiger partial charge in [0.15, 0.2) is 0 Å². The number of aromatic nitrogens is 1. The van der Waals surface area contributed by atoms with Gasteiger partial charge < -0.3 is 14.6 Å². The van der Waals surface area contributed by atoms with Crippen molar-refractivity contribution in [3.8, 4) is 0 Å². The van der Waals surface area contributed by atoms with Gasteiger partial charge in [-0.3, -0.25) is 14.8 Å². The highest BCUT2D eigenvalue weighted by Crippen LogP contribution is 2.37. The van der Waals surface area contributed by atoms with Crippen LogP contribution in [0, 0.1) is 5.82 Å². The van der Waals surface area contributed by atoms with Crippen LogP contribution in [0.4, 0.5) is 9.18 Å². The Morgan fingerprint density at radius 3 is 2.59 bits per heavy atom. The second-order valence-corrected chi connectivity index (χ2v) is 9.30. The summed E-state index contributed by atoms with van der Waals surface area (Å²) in [5, 5.41) is 12.0. The Morgan fingerprint density at radius 2 is 1.88 bits per heavy atom. The second kappa shape index (κ2) is 8.50. The number of carboxylic acid groups (broad SMARTS) is 1. The van der Waals surface area contributed by atoms with Crippen LogP contribution in [-0.4, -0.2) is 58.1 Å². The summed E-state index contributed by atoms with van der Waals surface area (Å²) in [5.74, 6) is -1.73. The minimum absolute atomic E-state index is 0.0546. The van der Waals surface area contributed by atoms with Gasteiger partial charge in [0.1, 0.15) is 11.4 Å². The predicted octanol–water partition coefficient (Wildman–Crippen LogP) is 2.08. The molecule has 1 aromatic carbocycles. The molecule has 0 N–H and O–H groups in total. The maximum Gasteiger partial charge on any atom is 0.410 e. The number of halogens is 1. The number of carbonyl (C=O) groups excluding carboxylic acids is 2. The third-order valence-electron chi connectivity index (χ3n) is 5.92. The molecule has 0 radical (unpaired) electrons. The van der Waals surface area contributed by atoms with Gasteiger partial charge in [-0.25, -0.2) is 9.18 Å². The average molecular weight is 440 g/mol. The molecular formula is C24H27FN3O4-. The Labute approximate surface area is 186 Å². The zero-order valence-corrected chi connectivity index (χ0v) is 18.5. The Morgan fingerprint density at radius 1 is 1.16 bits per heavy atom. The lowest BCUT2D eigenvalue weighted by Crippen LogP contribution is -2.62. The van der Waals surface area contributed by atoms with Crippen molar-refractivity contribution in [2.75, 3.05) is 19.6 Å². The van der Waals surface area contributed by atoms with Crippen molar-refractivity contribution in [2.45, 2.75) is 51.3 Å². The molecule has 32 heavy (non-hydrogen) atoms. The zero-order chi connectivity index (χ0) is 23.0. The standard InChI is InChI=1S/C24H28FN3O4/c1-24(2,3)32-23(31)28-11-10-27(14-19(28)22(29)30)21-18-7-5-4-6-15(18)8-9-16-12-17(25)13-26-20(16)21/h4-7,12-13,19,21H,8-11,14H2,1-3H3,(H,29,30)/p-1/t19-,21?/m1/s1. The second-order valence-electron chi connectivity index (χ2n) is 9.30. The van der Waals surface area contributed by atoms with E-state index in [0.29, 0.717) is 13.0 Å². The van der Waals surface area contributed by atoms with E-state index in [1.165, 1.54) is 17.2 Å². The highest BCUT2D eigenvalue weighted by molar-refractivity contribution is 5.79. The van der Waals surface area contributed by atoms with Crippen LogP contribution in [-0.2, 0) is 22.4 Å². The van der Waals surface area contributed by atoms with Gasteiger partial charge in [0.2, 0.25) is 0 Å². The van der Waals surface area contributed by atoms with Crippen molar-refractivity contribution >= 4 is 12.1 Å². The van der Waals surface area contributed by atoms with Gasteiger partial charge in [-0.15, -0.1) is 0 Å². The maximum absolute atomic E-state index is 13.9. The molecule has 2 atom stereocenters. The molecule has 1 aliphatic heterocycles. The van der Waals surface area contributed by atoms with Gasteiger partial charge in [0.25, 0.3) is 0 Å². The molecule has 1 aromatic heterocycles. The number of ether oxygens (including phenoxy) is 1. The summed E-state index contributed by atoms with van der Waals surface area (Å²) in [6, 6.07) is 7.95. The Kier molecular flexibility index (Phi) is 5.90. The molecule has 0 bridgehead atoms. The number of fused-ring (bicyclic) bond motifs is 2. The summed E-state index contributed by atoms with van der Waals surface area (Å²) in [6.07, 6.45) is 1.92. The van der Waals surface area contributed by atoms with Gasteiger partial charge in [-0.2, -0.15) is 0 Å². The van der Waals surface area contributed by atoms with E-state index in [9.17, 15) is 19.1 Å². The van der Waals surface area contributed by atoms with Crippen molar-refractivity contribution in [1.29, 1.82) is 0 Å². The van der Waals surface area contributed by atoms with E-state index in [2.05, 4.69) is 4.98 Å². The van der Waals surface area contributed by atoms with E-state index in [0.717, 1.165) is 28.8 Å². The van der Waals surface area contributed by atoms with Crippen molar-refractivity contribution in [3.05, 3.63) is 64.7 Å². The van der Waals surface area contributed by atoms with E-state index in [1.54, 1.807) is 20.8 Å². The van der Waals surface area contributed by atoms with E-state index >= 15 is 0 Å². The summed E-state index contributed by atoms with van der Waals surface area (Å²) >= 11 is 0. The third-order valence-corrected chi connectivity index (χ3v) is 5.92. The monoisotopic (exact) mass is 440 g/mol. The first kappa shape index (κ1) is 22.2. The number of nitrogens with zero attached hydrogens (tertiary/aromatic N) is 3. The molecular weight excluding hydrogens is 413 g/mol. The average Bonchev–Trinajstić information content (AvgIpc) is 2.88. The third kappa shape index (κ3) is 4.46. The molecule has 0 spiro atoms. The van der Waals surface area contributed by atoms with Gasteiger partial charge >= 0.3 is 6.09 Å². The fourth-order valence-electron chi connectivity index (χ4n) is 4.53. The maximum atomic E-state index is 13.9. The van der Waals surface area contributed by atoms with E-state index in [-0.39, 0.29) is 19.1 Å². The minimum Gasteiger partial charge on any atom is -0.548 e. The molecule has 1 saturated heterocycles. The topological polar surface area (TPSA) is 85.8 Å². The van der Waals surface area contributed by atoms with Crippen molar-refractivity contribution < 1.29 is 23.8 Å². The number of benzene rings is 1. The SMILES string of the molecule is CC(C)(C)OC(=O)N1CCN(C2c3ccccc3CCc3cc(F)cnc32)C[C@@H]1C(=O)[O-]. The highest BCUT2D eigenvalue weighted by atomic mass is 19.1. The molecule has 1 unspecified atom stereocenters. The van der Waals surface area contributed by atoms with Crippen molar-refractivity contribution in [3.63, 3.8) is 0 Å². The Balaban J connectivity index is 1.70. The number of pyridine rings is 1. The van der Waals surface area contributed by atoms with Crippen LogP contribution in [0.3, 0.4) is 0 Å². The van der Waals surface area contributed by atoms with Crippen LogP contribution >= 0.6 is 0 Å². The predicted molar refractivity (Wildman–Crippen MR) is 113 cm³/mol. The number of hydrogen-bond acceptors (Lipinski definition) is 6. The van der Waals surface area contributed by atoms with Crippen molar-refractivity contribution in [1.82, 2.24) is 14.8 Å². The Hall–Kier alpha value is -3.00. The number of carboxylic acids is 1. The summed E-state index contributed by atoms with van der Waals surface area (Å²) in [5.41, 5.74) is 2.94. The highest BCUT2D eigenvalue weighted by Gasteiger charge is 2.39. The number of amides is 1. The van der Waals surface area contributed by atoms with E-state index in [4.69, 9.17) is 4.74 Å².